The minimum Gasteiger partial charge on any atom is -0.493 e. The predicted octanol–water partition coefficient (Wildman–Crippen LogP) is 4.56. The first-order valence-electron chi connectivity index (χ1n) is 9.75. The average molecular weight is 399 g/mol. The van der Waals surface area contributed by atoms with E-state index >= 15 is 0 Å². The zero-order chi connectivity index (χ0) is 19.9. The van der Waals surface area contributed by atoms with Crippen molar-refractivity contribution in [3.05, 3.63) is 51.9 Å². The van der Waals surface area contributed by atoms with Gasteiger partial charge in [-0.15, -0.1) is 11.3 Å². The monoisotopic (exact) mass is 398 g/mol. The molecule has 0 aliphatic heterocycles. The number of nitrogens with two attached hydrogens (primary N) is 1. The number of ether oxygens (including phenoxy) is 1. The number of carbonyl (C=O) groups excluding carboxylic acids is 2. The molecular formula is C22H26N2O3S. The molecule has 1 aliphatic rings. The number of thiophene rings is 1. The molecule has 0 unspecified atom stereocenters. The van der Waals surface area contributed by atoms with Crippen LogP contribution >= 0.6 is 11.3 Å². The van der Waals surface area contributed by atoms with Crippen LogP contribution in [0.25, 0.3) is 6.08 Å². The number of benzene rings is 1. The minimum absolute atomic E-state index is 0.288. The first kappa shape index (κ1) is 20.1. The molecule has 0 saturated carbocycles. The summed E-state index contributed by atoms with van der Waals surface area (Å²) in [5.41, 5.74) is 7.91. The van der Waals surface area contributed by atoms with Gasteiger partial charge >= 0.3 is 0 Å². The van der Waals surface area contributed by atoms with Gasteiger partial charge in [-0.3, -0.25) is 9.59 Å². The Morgan fingerprint density at radius 1 is 1.25 bits per heavy atom. The lowest BCUT2D eigenvalue weighted by atomic mass is 9.95. The Morgan fingerprint density at radius 3 is 2.82 bits per heavy atom. The maximum absolute atomic E-state index is 12.5. The maximum atomic E-state index is 12.5. The van der Waals surface area contributed by atoms with E-state index < -0.39 is 5.91 Å². The lowest BCUT2D eigenvalue weighted by Crippen LogP contribution is -2.17. The van der Waals surface area contributed by atoms with Gasteiger partial charge in [0.1, 0.15) is 10.8 Å². The highest BCUT2D eigenvalue weighted by atomic mass is 32.1. The quantitative estimate of drug-likeness (QED) is 0.505. The van der Waals surface area contributed by atoms with Gasteiger partial charge in [0, 0.05) is 16.5 Å². The Bertz CT molecular complexity index is 886. The van der Waals surface area contributed by atoms with Crippen LogP contribution in [0.15, 0.2) is 30.3 Å². The first-order chi connectivity index (χ1) is 13.6. The largest absolute Gasteiger partial charge is 0.493 e. The second-order valence-corrected chi connectivity index (χ2v) is 7.95. The van der Waals surface area contributed by atoms with Gasteiger partial charge in [0.25, 0.3) is 5.91 Å². The molecule has 0 spiro atoms. The standard InChI is InChI=1S/C22H26N2O3S/c1-2-3-14-27-17-10-6-4-8-15(17)12-13-19(25)24-22-20(21(23)26)16-9-5-7-11-18(16)28-22/h4,6,8,10,12-13H,2-3,5,7,9,11,14H2,1H3,(H2,23,26)(H,24,25)/b13-12+. The second-order valence-electron chi connectivity index (χ2n) is 6.84. The van der Waals surface area contributed by atoms with Crippen molar-refractivity contribution in [3.63, 3.8) is 0 Å². The highest BCUT2D eigenvalue weighted by Gasteiger charge is 2.24. The van der Waals surface area contributed by atoms with Gasteiger partial charge in [-0.05, 0) is 49.8 Å². The number of unbranched alkanes of at least 4 members (excludes halogenated alkanes) is 1. The fraction of sp³-hybridized carbons (Fsp3) is 0.364. The number of hydrogen-bond acceptors (Lipinski definition) is 4. The van der Waals surface area contributed by atoms with Crippen molar-refractivity contribution in [1.82, 2.24) is 0 Å². The van der Waals surface area contributed by atoms with Crippen LogP contribution < -0.4 is 15.8 Å². The lowest BCUT2D eigenvalue weighted by molar-refractivity contribution is -0.111. The molecule has 0 saturated heterocycles. The van der Waals surface area contributed by atoms with E-state index in [1.807, 2.05) is 24.3 Å². The van der Waals surface area contributed by atoms with Gasteiger partial charge in [0.2, 0.25) is 5.91 Å². The maximum Gasteiger partial charge on any atom is 0.251 e. The minimum atomic E-state index is -0.478. The third-order valence-electron chi connectivity index (χ3n) is 4.74. The number of hydrogen-bond donors (Lipinski definition) is 2. The molecule has 1 aromatic carbocycles. The van der Waals surface area contributed by atoms with Gasteiger partial charge in [0.05, 0.1) is 12.2 Å². The molecule has 1 aromatic heterocycles. The Morgan fingerprint density at radius 2 is 2.04 bits per heavy atom. The summed E-state index contributed by atoms with van der Waals surface area (Å²) in [5, 5.41) is 3.40. The highest BCUT2D eigenvalue weighted by Crippen LogP contribution is 2.37. The number of anilines is 1. The van der Waals surface area contributed by atoms with E-state index in [1.165, 1.54) is 17.4 Å². The van der Waals surface area contributed by atoms with Crippen molar-refractivity contribution in [2.45, 2.75) is 45.4 Å². The molecule has 0 atom stereocenters. The van der Waals surface area contributed by atoms with Crippen LogP contribution in [0.1, 0.15) is 59.0 Å². The summed E-state index contributed by atoms with van der Waals surface area (Å²) in [6.45, 7) is 2.76. The molecule has 2 aromatic rings. The van der Waals surface area contributed by atoms with Gasteiger partial charge in [-0.25, -0.2) is 0 Å². The third kappa shape index (κ3) is 4.81. The average Bonchev–Trinajstić information content (AvgIpc) is 3.05. The van der Waals surface area contributed by atoms with E-state index in [0.717, 1.165) is 60.3 Å². The molecule has 3 rings (SSSR count). The van der Waals surface area contributed by atoms with Crippen LogP contribution in [-0.2, 0) is 17.6 Å². The number of para-hydroxylation sites is 1. The SMILES string of the molecule is CCCCOc1ccccc1/C=C/C(=O)Nc1sc2c(c1C(N)=O)CCCC2. The van der Waals surface area contributed by atoms with Crippen molar-refractivity contribution in [3.8, 4) is 5.75 Å². The molecule has 6 heteroatoms. The second kappa shape index (κ2) is 9.55. The van der Waals surface area contributed by atoms with Crippen LogP contribution in [0.2, 0.25) is 0 Å². The summed E-state index contributed by atoms with van der Waals surface area (Å²) in [6, 6.07) is 7.62. The van der Waals surface area contributed by atoms with Crippen LogP contribution in [0.5, 0.6) is 5.75 Å². The summed E-state index contributed by atoms with van der Waals surface area (Å²) in [4.78, 5) is 25.6. The van der Waals surface area contributed by atoms with Crippen LogP contribution in [-0.4, -0.2) is 18.4 Å². The van der Waals surface area contributed by atoms with E-state index in [0.29, 0.717) is 17.2 Å². The molecule has 5 nitrogen and oxygen atoms in total. The number of carbonyl (C=O) groups is 2. The van der Waals surface area contributed by atoms with Gasteiger partial charge in [-0.2, -0.15) is 0 Å². The fourth-order valence-electron chi connectivity index (χ4n) is 3.31. The smallest absolute Gasteiger partial charge is 0.251 e. The topological polar surface area (TPSA) is 81.4 Å². The Balaban J connectivity index is 1.73. The van der Waals surface area contributed by atoms with Crippen molar-refractivity contribution in [1.29, 1.82) is 0 Å². The summed E-state index contributed by atoms with van der Waals surface area (Å²) >= 11 is 1.47. The van der Waals surface area contributed by atoms with E-state index in [-0.39, 0.29) is 5.91 Å². The normalized spacial score (nSPS) is 13.3. The Labute approximate surface area is 169 Å². The molecule has 3 N–H and O–H groups in total. The molecule has 2 amide bonds. The predicted molar refractivity (Wildman–Crippen MR) is 114 cm³/mol. The third-order valence-corrected chi connectivity index (χ3v) is 5.95. The first-order valence-corrected chi connectivity index (χ1v) is 10.6. The van der Waals surface area contributed by atoms with Crippen molar-refractivity contribution < 1.29 is 14.3 Å². The molecule has 148 valence electrons. The molecule has 0 fully saturated rings. The summed E-state index contributed by atoms with van der Waals surface area (Å²) < 4.78 is 5.79. The summed E-state index contributed by atoms with van der Waals surface area (Å²) in [6.07, 6.45) is 9.18. The molecule has 28 heavy (non-hydrogen) atoms. The fourth-order valence-corrected chi connectivity index (χ4v) is 4.61. The number of primary amides is 1. The van der Waals surface area contributed by atoms with Crippen molar-refractivity contribution in [2.75, 3.05) is 11.9 Å². The van der Waals surface area contributed by atoms with E-state index in [1.54, 1.807) is 6.08 Å². The molecule has 1 heterocycles. The highest BCUT2D eigenvalue weighted by molar-refractivity contribution is 7.17. The van der Waals surface area contributed by atoms with E-state index in [2.05, 4.69) is 12.2 Å². The molecule has 1 aliphatic carbocycles. The molecule has 0 bridgehead atoms. The molecule has 0 radical (unpaired) electrons. The Kier molecular flexibility index (Phi) is 6.87. The number of amides is 2. The van der Waals surface area contributed by atoms with Crippen molar-refractivity contribution >= 4 is 34.2 Å². The molecular weight excluding hydrogens is 372 g/mol. The van der Waals surface area contributed by atoms with E-state index in [4.69, 9.17) is 10.5 Å². The number of nitrogens with one attached hydrogen (secondary N) is 1. The van der Waals surface area contributed by atoms with Crippen LogP contribution in [0.4, 0.5) is 5.00 Å². The zero-order valence-corrected chi connectivity index (χ0v) is 16.9. The number of rotatable bonds is 8. The number of aryl methyl sites for hydroxylation is 1. The number of fused-ring (bicyclic) bond motifs is 1. The van der Waals surface area contributed by atoms with E-state index in [9.17, 15) is 9.59 Å². The van der Waals surface area contributed by atoms with Crippen LogP contribution in [0, 0.1) is 0 Å². The summed E-state index contributed by atoms with van der Waals surface area (Å²) in [7, 11) is 0. The van der Waals surface area contributed by atoms with Crippen molar-refractivity contribution in [2.24, 2.45) is 5.73 Å². The van der Waals surface area contributed by atoms with Gasteiger partial charge < -0.3 is 15.8 Å². The lowest BCUT2D eigenvalue weighted by Gasteiger charge is -2.11. The Hall–Kier alpha value is -2.60. The zero-order valence-electron chi connectivity index (χ0n) is 16.1. The summed E-state index contributed by atoms with van der Waals surface area (Å²) in [5.74, 6) is -0.0118. The van der Waals surface area contributed by atoms with Gasteiger partial charge in [0.15, 0.2) is 0 Å². The van der Waals surface area contributed by atoms with Gasteiger partial charge in [-0.1, -0.05) is 31.5 Å². The van der Waals surface area contributed by atoms with Crippen LogP contribution in [0.3, 0.4) is 0 Å².